The molecule has 1 amide bonds. The van der Waals surface area contributed by atoms with E-state index in [1.165, 1.54) is 30.4 Å². The smallest absolute Gasteiger partial charge is 0.222 e. The number of thioether (sulfide) groups is 1. The van der Waals surface area contributed by atoms with Crippen LogP contribution in [0.15, 0.2) is 29.3 Å². The van der Waals surface area contributed by atoms with E-state index < -0.39 is 0 Å². The minimum absolute atomic E-state index is 0.275. The second-order valence-electron chi connectivity index (χ2n) is 7.45. The second-order valence-corrected chi connectivity index (χ2v) is 8.58. The molecule has 0 spiro atoms. The van der Waals surface area contributed by atoms with Gasteiger partial charge >= 0.3 is 0 Å². The van der Waals surface area contributed by atoms with Crippen molar-refractivity contribution >= 4 is 23.6 Å². The molecule has 5 nitrogen and oxygen atoms in total. The maximum atomic E-state index is 11.8. The third kappa shape index (κ3) is 5.89. The molecule has 0 bridgehead atoms. The van der Waals surface area contributed by atoms with E-state index in [1.54, 1.807) is 0 Å². The van der Waals surface area contributed by atoms with Crippen molar-refractivity contribution in [2.24, 2.45) is 4.99 Å². The van der Waals surface area contributed by atoms with Gasteiger partial charge in [0.15, 0.2) is 5.96 Å². The zero-order chi connectivity index (χ0) is 19.1. The van der Waals surface area contributed by atoms with E-state index in [2.05, 4.69) is 48.1 Å². The van der Waals surface area contributed by atoms with E-state index in [-0.39, 0.29) is 5.91 Å². The maximum absolute atomic E-state index is 11.8. The summed E-state index contributed by atoms with van der Waals surface area (Å²) in [6.07, 6.45) is 7.60. The van der Waals surface area contributed by atoms with Gasteiger partial charge in [-0.2, -0.15) is 11.8 Å². The van der Waals surface area contributed by atoms with Crippen molar-refractivity contribution in [3.8, 4) is 0 Å². The van der Waals surface area contributed by atoms with Gasteiger partial charge < -0.3 is 15.5 Å². The highest BCUT2D eigenvalue weighted by atomic mass is 32.2. The Hall–Kier alpha value is -1.69. The van der Waals surface area contributed by atoms with Crippen LogP contribution in [0, 0.1) is 0 Å². The average molecular weight is 389 g/mol. The number of aliphatic imine (C=N–C) groups is 1. The fraction of sp³-hybridized carbons (Fsp3) is 0.619. The van der Waals surface area contributed by atoms with Crippen molar-refractivity contribution in [1.29, 1.82) is 0 Å². The Bertz CT molecular complexity index is 663. The van der Waals surface area contributed by atoms with Crippen LogP contribution in [0.4, 0.5) is 0 Å². The fourth-order valence-corrected chi connectivity index (χ4v) is 4.68. The molecule has 148 valence electrons. The molecular weight excluding hydrogens is 356 g/mol. The summed E-state index contributed by atoms with van der Waals surface area (Å²) in [6.45, 7) is 5.21. The van der Waals surface area contributed by atoms with Crippen molar-refractivity contribution in [2.75, 3.05) is 19.3 Å². The first kappa shape index (κ1) is 20.1. The van der Waals surface area contributed by atoms with E-state index in [4.69, 9.17) is 4.99 Å². The Morgan fingerprint density at radius 1 is 1.33 bits per heavy atom. The van der Waals surface area contributed by atoms with Crippen LogP contribution in [-0.2, 0) is 17.9 Å². The van der Waals surface area contributed by atoms with Crippen LogP contribution in [-0.4, -0.2) is 47.4 Å². The van der Waals surface area contributed by atoms with E-state index >= 15 is 0 Å². The lowest BCUT2D eigenvalue weighted by Gasteiger charge is -2.17. The van der Waals surface area contributed by atoms with Gasteiger partial charge in [-0.3, -0.25) is 4.79 Å². The van der Waals surface area contributed by atoms with Crippen LogP contribution in [0.2, 0.25) is 0 Å². The first-order valence-corrected chi connectivity index (χ1v) is 11.4. The van der Waals surface area contributed by atoms with Crippen LogP contribution < -0.4 is 10.6 Å². The number of hydrogen-bond donors (Lipinski definition) is 2. The summed E-state index contributed by atoms with van der Waals surface area (Å²) < 4.78 is 0. The molecule has 2 unspecified atom stereocenters. The molecule has 1 aromatic carbocycles. The van der Waals surface area contributed by atoms with Gasteiger partial charge in [-0.1, -0.05) is 24.3 Å². The molecule has 1 aliphatic carbocycles. The Morgan fingerprint density at radius 2 is 2.19 bits per heavy atom. The topological polar surface area (TPSA) is 56.7 Å². The number of guanidine groups is 1. The number of hydrogen-bond acceptors (Lipinski definition) is 3. The SMILES string of the molecule is CCNC(=NCc1cccc(CN2CCCC2=O)c1)NC1CCC(SC)C1. The van der Waals surface area contributed by atoms with Gasteiger partial charge in [-0.15, -0.1) is 0 Å². The Labute approximate surface area is 167 Å². The molecule has 0 radical (unpaired) electrons. The highest BCUT2D eigenvalue weighted by Crippen LogP contribution is 2.28. The Kier molecular flexibility index (Phi) is 7.44. The van der Waals surface area contributed by atoms with E-state index in [0.717, 1.165) is 30.7 Å². The summed E-state index contributed by atoms with van der Waals surface area (Å²) >= 11 is 1.97. The van der Waals surface area contributed by atoms with E-state index in [0.29, 0.717) is 25.6 Å². The van der Waals surface area contributed by atoms with Gasteiger partial charge in [0.25, 0.3) is 0 Å². The van der Waals surface area contributed by atoms with Crippen LogP contribution in [0.1, 0.15) is 50.2 Å². The van der Waals surface area contributed by atoms with Crippen molar-refractivity contribution in [1.82, 2.24) is 15.5 Å². The average Bonchev–Trinajstić information content (AvgIpc) is 3.29. The van der Waals surface area contributed by atoms with E-state index in [1.807, 2.05) is 16.7 Å². The number of carbonyl (C=O) groups excluding carboxylic acids is 1. The molecule has 6 heteroatoms. The predicted molar refractivity (Wildman–Crippen MR) is 114 cm³/mol. The molecule has 1 aromatic rings. The van der Waals surface area contributed by atoms with Crippen molar-refractivity contribution in [3.05, 3.63) is 35.4 Å². The maximum Gasteiger partial charge on any atom is 0.222 e. The van der Waals surface area contributed by atoms with E-state index in [9.17, 15) is 4.79 Å². The highest BCUT2D eigenvalue weighted by molar-refractivity contribution is 7.99. The van der Waals surface area contributed by atoms with Crippen molar-refractivity contribution in [3.63, 3.8) is 0 Å². The summed E-state index contributed by atoms with van der Waals surface area (Å²) in [5.41, 5.74) is 2.37. The van der Waals surface area contributed by atoms with Gasteiger partial charge in [-0.25, -0.2) is 4.99 Å². The van der Waals surface area contributed by atoms with Crippen LogP contribution in [0.25, 0.3) is 0 Å². The third-order valence-corrected chi connectivity index (χ3v) is 6.45. The predicted octanol–water partition coefficient (Wildman–Crippen LogP) is 3.15. The standard InChI is InChI=1S/C21H32N4OS/c1-3-22-21(24-18-9-10-19(13-18)27-2)23-14-16-6-4-7-17(12-16)15-25-11-5-8-20(25)26/h4,6-7,12,18-19H,3,5,8-11,13-15H2,1-2H3,(H2,22,23,24). The molecule has 3 rings (SSSR count). The zero-order valence-electron chi connectivity index (χ0n) is 16.5. The van der Waals surface area contributed by atoms with Gasteiger partial charge in [0.1, 0.15) is 0 Å². The molecule has 1 saturated heterocycles. The lowest BCUT2D eigenvalue weighted by atomic mass is 10.1. The number of nitrogens with zero attached hydrogens (tertiary/aromatic N) is 2. The van der Waals surface area contributed by atoms with Crippen molar-refractivity contribution < 1.29 is 4.79 Å². The molecule has 0 aromatic heterocycles. The number of nitrogens with one attached hydrogen (secondary N) is 2. The van der Waals surface area contributed by atoms with Gasteiger partial charge in [0, 0.05) is 37.3 Å². The monoisotopic (exact) mass is 388 g/mol. The van der Waals surface area contributed by atoms with Crippen LogP contribution in [0.3, 0.4) is 0 Å². The summed E-state index contributed by atoms with van der Waals surface area (Å²) in [6, 6.07) is 8.98. The highest BCUT2D eigenvalue weighted by Gasteiger charge is 2.24. The summed E-state index contributed by atoms with van der Waals surface area (Å²) in [5, 5.41) is 7.75. The van der Waals surface area contributed by atoms with Crippen LogP contribution >= 0.6 is 11.8 Å². The number of amides is 1. The fourth-order valence-electron chi connectivity index (χ4n) is 3.89. The first-order valence-electron chi connectivity index (χ1n) is 10.1. The zero-order valence-corrected chi connectivity index (χ0v) is 17.4. The molecule has 1 heterocycles. The molecule has 2 fully saturated rings. The van der Waals surface area contributed by atoms with Gasteiger partial charge in [0.05, 0.1) is 6.54 Å². The number of benzene rings is 1. The quantitative estimate of drug-likeness (QED) is 0.557. The molecule has 1 aliphatic heterocycles. The summed E-state index contributed by atoms with van der Waals surface area (Å²) in [5.74, 6) is 1.18. The van der Waals surface area contributed by atoms with Crippen molar-refractivity contribution in [2.45, 2.75) is 63.4 Å². The summed E-state index contributed by atoms with van der Waals surface area (Å²) in [7, 11) is 0. The Morgan fingerprint density at radius 3 is 2.89 bits per heavy atom. The first-order chi connectivity index (χ1) is 13.2. The van der Waals surface area contributed by atoms with Gasteiger partial charge in [-0.05, 0) is 50.0 Å². The lowest BCUT2D eigenvalue weighted by Crippen LogP contribution is -2.42. The molecule has 2 aliphatic rings. The Balaban J connectivity index is 1.58. The number of rotatable bonds is 7. The minimum atomic E-state index is 0.275. The lowest BCUT2D eigenvalue weighted by molar-refractivity contribution is -0.128. The normalized spacial score (nSPS) is 23.1. The second kappa shape index (κ2) is 10.0. The molecule has 1 saturated carbocycles. The molecule has 2 atom stereocenters. The number of carbonyl (C=O) groups is 1. The third-order valence-electron chi connectivity index (χ3n) is 5.36. The number of likely N-dealkylation sites (tertiary alicyclic amines) is 1. The largest absolute Gasteiger partial charge is 0.357 e. The minimum Gasteiger partial charge on any atom is -0.357 e. The molecule has 27 heavy (non-hydrogen) atoms. The summed E-state index contributed by atoms with van der Waals surface area (Å²) in [4.78, 5) is 18.6. The molecular formula is C21H32N4OS. The molecule has 2 N–H and O–H groups in total. The van der Waals surface area contributed by atoms with Gasteiger partial charge in [0.2, 0.25) is 5.91 Å². The van der Waals surface area contributed by atoms with Crippen LogP contribution in [0.5, 0.6) is 0 Å².